The van der Waals surface area contributed by atoms with Crippen molar-refractivity contribution in [2.24, 2.45) is 5.92 Å². The zero-order chi connectivity index (χ0) is 11.4. The average Bonchev–Trinajstić information content (AvgIpc) is 2.17. The maximum atomic E-state index is 11.6. The Kier molecular flexibility index (Phi) is 4.03. The molecule has 0 saturated heterocycles. The van der Waals surface area contributed by atoms with Gasteiger partial charge in [-0.15, -0.1) is 0 Å². The van der Waals surface area contributed by atoms with Crippen LogP contribution in [0, 0.1) is 5.92 Å². The highest BCUT2D eigenvalue weighted by molar-refractivity contribution is 9.10. The number of hydrogen-bond acceptors (Lipinski definition) is 2. The first-order valence-corrected chi connectivity index (χ1v) is 5.31. The summed E-state index contributed by atoms with van der Waals surface area (Å²) in [5.41, 5.74) is 0.539. The van der Waals surface area contributed by atoms with Crippen LogP contribution in [0.3, 0.4) is 0 Å². The zero-order valence-corrected chi connectivity index (χ0v) is 9.82. The van der Waals surface area contributed by atoms with Crippen LogP contribution in [0.15, 0.2) is 28.7 Å². The smallest absolute Gasteiger partial charge is 0.306 e. The fraction of sp³-hybridized carbons (Fsp3) is 0.273. The molecule has 0 aliphatic carbocycles. The van der Waals surface area contributed by atoms with Crippen molar-refractivity contribution in [3.05, 3.63) is 34.3 Å². The summed E-state index contributed by atoms with van der Waals surface area (Å²) in [6, 6.07) is 6.94. The van der Waals surface area contributed by atoms with Crippen LogP contribution in [0.1, 0.15) is 23.7 Å². The van der Waals surface area contributed by atoms with Crippen LogP contribution >= 0.6 is 15.9 Å². The van der Waals surface area contributed by atoms with Gasteiger partial charge in [-0.2, -0.15) is 0 Å². The van der Waals surface area contributed by atoms with Gasteiger partial charge in [0.05, 0.1) is 5.92 Å². The van der Waals surface area contributed by atoms with E-state index in [1.54, 1.807) is 18.2 Å². The molecule has 0 radical (unpaired) electrons. The molecule has 0 fully saturated rings. The fourth-order valence-corrected chi connectivity index (χ4v) is 1.54. The molecule has 15 heavy (non-hydrogen) atoms. The van der Waals surface area contributed by atoms with Crippen molar-refractivity contribution in [1.29, 1.82) is 0 Å². The zero-order valence-electron chi connectivity index (χ0n) is 8.24. The third kappa shape index (κ3) is 3.47. The maximum Gasteiger partial charge on any atom is 0.306 e. The summed E-state index contributed by atoms with van der Waals surface area (Å²) in [4.78, 5) is 22.2. The number of carboxylic acids is 1. The first kappa shape index (κ1) is 11.9. The Balaban J connectivity index is 2.73. The second kappa shape index (κ2) is 5.07. The molecular formula is C11H11BrO3. The lowest BCUT2D eigenvalue weighted by Crippen LogP contribution is -2.14. The third-order valence-corrected chi connectivity index (χ3v) is 2.55. The van der Waals surface area contributed by atoms with Crippen molar-refractivity contribution in [3.63, 3.8) is 0 Å². The average molecular weight is 271 g/mol. The van der Waals surface area contributed by atoms with Gasteiger partial charge in [-0.05, 0) is 12.1 Å². The van der Waals surface area contributed by atoms with E-state index in [4.69, 9.17) is 5.11 Å². The minimum atomic E-state index is -0.946. The highest BCUT2D eigenvalue weighted by Crippen LogP contribution is 2.15. The van der Waals surface area contributed by atoms with E-state index < -0.39 is 11.9 Å². The molecule has 0 spiro atoms. The van der Waals surface area contributed by atoms with E-state index in [1.165, 1.54) is 6.92 Å². The van der Waals surface area contributed by atoms with Crippen molar-refractivity contribution in [3.8, 4) is 0 Å². The van der Waals surface area contributed by atoms with Crippen LogP contribution in [0.4, 0.5) is 0 Å². The van der Waals surface area contributed by atoms with E-state index in [-0.39, 0.29) is 12.2 Å². The lowest BCUT2D eigenvalue weighted by Gasteiger charge is -2.05. The summed E-state index contributed by atoms with van der Waals surface area (Å²) in [7, 11) is 0. The molecule has 0 aliphatic heterocycles. The molecular weight excluding hydrogens is 260 g/mol. The Bertz CT molecular complexity index is 387. The number of carboxylic acid groups (broad SMARTS) is 1. The second-order valence-corrected chi connectivity index (χ2v) is 4.29. The lowest BCUT2D eigenvalue weighted by atomic mass is 10.0. The molecule has 1 N–H and O–H groups in total. The van der Waals surface area contributed by atoms with Gasteiger partial charge < -0.3 is 5.11 Å². The first-order valence-electron chi connectivity index (χ1n) is 4.52. The van der Waals surface area contributed by atoms with Crippen LogP contribution in [-0.2, 0) is 4.79 Å². The molecule has 80 valence electrons. The Morgan fingerprint density at radius 3 is 2.67 bits per heavy atom. The molecule has 0 aliphatic rings. The number of ketones is 1. The van der Waals surface area contributed by atoms with E-state index in [0.717, 1.165) is 4.47 Å². The van der Waals surface area contributed by atoms with Gasteiger partial charge in [-0.25, -0.2) is 0 Å². The van der Waals surface area contributed by atoms with Gasteiger partial charge in [0.15, 0.2) is 5.78 Å². The van der Waals surface area contributed by atoms with Crippen molar-refractivity contribution in [2.45, 2.75) is 13.3 Å². The molecule has 1 aromatic rings. The molecule has 1 unspecified atom stereocenters. The molecule has 0 aromatic heterocycles. The topological polar surface area (TPSA) is 54.4 Å². The van der Waals surface area contributed by atoms with Crippen molar-refractivity contribution >= 4 is 27.7 Å². The van der Waals surface area contributed by atoms with E-state index >= 15 is 0 Å². The van der Waals surface area contributed by atoms with E-state index in [2.05, 4.69) is 15.9 Å². The summed E-state index contributed by atoms with van der Waals surface area (Å²) in [5, 5.41) is 8.67. The minimum absolute atomic E-state index is 0.0335. The Hall–Kier alpha value is -1.16. The minimum Gasteiger partial charge on any atom is -0.481 e. The highest BCUT2D eigenvalue weighted by Gasteiger charge is 2.16. The number of rotatable bonds is 4. The maximum absolute atomic E-state index is 11.6. The largest absolute Gasteiger partial charge is 0.481 e. The molecule has 1 aromatic carbocycles. The summed E-state index contributed by atoms with van der Waals surface area (Å²) in [6.45, 7) is 1.53. The van der Waals surface area contributed by atoms with Gasteiger partial charge in [0.25, 0.3) is 0 Å². The Morgan fingerprint density at radius 1 is 1.47 bits per heavy atom. The van der Waals surface area contributed by atoms with Gasteiger partial charge in [0, 0.05) is 16.5 Å². The van der Waals surface area contributed by atoms with Gasteiger partial charge in [-0.3, -0.25) is 9.59 Å². The molecule has 3 nitrogen and oxygen atoms in total. The van der Waals surface area contributed by atoms with E-state index in [0.29, 0.717) is 5.56 Å². The number of carbonyl (C=O) groups excluding carboxylic acids is 1. The standard InChI is InChI=1S/C11H11BrO3/c1-7(11(14)15)5-10(13)8-3-2-4-9(12)6-8/h2-4,6-7H,5H2,1H3,(H,14,15). The van der Waals surface area contributed by atoms with Crippen molar-refractivity contribution in [1.82, 2.24) is 0 Å². The third-order valence-electron chi connectivity index (χ3n) is 2.06. The summed E-state index contributed by atoms with van der Waals surface area (Å²) in [5.74, 6) is -1.74. The van der Waals surface area contributed by atoms with Gasteiger partial charge in [-0.1, -0.05) is 35.0 Å². The van der Waals surface area contributed by atoms with E-state index in [1.807, 2.05) is 6.07 Å². The van der Waals surface area contributed by atoms with Gasteiger partial charge >= 0.3 is 5.97 Å². The summed E-state index contributed by atoms with van der Waals surface area (Å²) in [6.07, 6.45) is 0.0335. The van der Waals surface area contributed by atoms with Crippen LogP contribution < -0.4 is 0 Å². The molecule has 0 saturated carbocycles. The Labute approximate surface area is 96.2 Å². The lowest BCUT2D eigenvalue weighted by molar-refractivity contribution is -0.141. The molecule has 0 amide bonds. The molecule has 0 heterocycles. The van der Waals surface area contributed by atoms with Crippen LogP contribution in [0.2, 0.25) is 0 Å². The summed E-state index contributed by atoms with van der Waals surface area (Å²) < 4.78 is 0.816. The quantitative estimate of drug-likeness (QED) is 0.856. The van der Waals surface area contributed by atoms with Crippen LogP contribution in [0.5, 0.6) is 0 Å². The van der Waals surface area contributed by atoms with Crippen molar-refractivity contribution in [2.75, 3.05) is 0 Å². The fourth-order valence-electron chi connectivity index (χ4n) is 1.15. The number of Topliss-reactive ketones (excluding diaryl/α,β-unsaturated/α-hetero) is 1. The van der Waals surface area contributed by atoms with E-state index in [9.17, 15) is 9.59 Å². The first-order chi connectivity index (χ1) is 7.00. The number of carbonyl (C=O) groups is 2. The predicted molar refractivity (Wildman–Crippen MR) is 59.9 cm³/mol. The summed E-state index contributed by atoms with van der Waals surface area (Å²) >= 11 is 3.26. The Morgan fingerprint density at radius 2 is 2.13 bits per heavy atom. The number of aliphatic carboxylic acids is 1. The van der Waals surface area contributed by atoms with Gasteiger partial charge in [0.2, 0.25) is 0 Å². The molecule has 1 rings (SSSR count). The second-order valence-electron chi connectivity index (χ2n) is 3.38. The van der Waals surface area contributed by atoms with Crippen molar-refractivity contribution < 1.29 is 14.7 Å². The van der Waals surface area contributed by atoms with Crippen LogP contribution in [-0.4, -0.2) is 16.9 Å². The normalized spacial score (nSPS) is 12.1. The predicted octanol–water partition coefficient (Wildman–Crippen LogP) is 2.74. The van der Waals surface area contributed by atoms with Crippen LogP contribution in [0.25, 0.3) is 0 Å². The number of hydrogen-bond donors (Lipinski definition) is 1. The SMILES string of the molecule is CC(CC(=O)c1cccc(Br)c1)C(=O)O. The molecule has 1 atom stereocenters. The molecule has 4 heteroatoms. The number of benzene rings is 1. The highest BCUT2D eigenvalue weighted by atomic mass is 79.9. The number of halogens is 1. The molecule has 0 bridgehead atoms. The van der Waals surface area contributed by atoms with Gasteiger partial charge in [0.1, 0.15) is 0 Å². The monoisotopic (exact) mass is 270 g/mol.